The molecule has 0 bridgehead atoms. The number of nitrogens with one attached hydrogen (secondary N) is 1. The van der Waals surface area contributed by atoms with Crippen molar-refractivity contribution < 1.29 is 4.79 Å². The van der Waals surface area contributed by atoms with E-state index in [0.29, 0.717) is 11.5 Å². The van der Waals surface area contributed by atoms with E-state index < -0.39 is 0 Å². The maximum atomic E-state index is 12.3. The summed E-state index contributed by atoms with van der Waals surface area (Å²) in [6.45, 7) is 0.877. The van der Waals surface area contributed by atoms with Crippen LogP contribution in [0.25, 0.3) is 5.52 Å². The molecule has 22 heavy (non-hydrogen) atoms. The third kappa shape index (κ3) is 2.47. The van der Waals surface area contributed by atoms with Crippen LogP contribution >= 0.6 is 0 Å². The zero-order valence-corrected chi connectivity index (χ0v) is 12.1. The number of carbonyl (C=O) groups excluding carboxylic acids is 1. The maximum absolute atomic E-state index is 12.3. The third-order valence-electron chi connectivity index (χ3n) is 4.25. The molecule has 6 heteroatoms. The van der Waals surface area contributed by atoms with E-state index in [4.69, 9.17) is 0 Å². The molecular weight excluding hydrogens is 278 g/mol. The van der Waals surface area contributed by atoms with E-state index in [-0.39, 0.29) is 11.9 Å². The lowest BCUT2D eigenvalue weighted by Crippen LogP contribution is -2.45. The number of pyridine rings is 1. The Balaban J connectivity index is 1.33. The predicted octanol–water partition coefficient (Wildman–Crippen LogP) is 1.74. The zero-order valence-electron chi connectivity index (χ0n) is 12.1. The van der Waals surface area contributed by atoms with Gasteiger partial charge in [-0.2, -0.15) is 0 Å². The van der Waals surface area contributed by atoms with E-state index >= 15 is 0 Å². The molecule has 1 aliphatic carbocycles. The van der Waals surface area contributed by atoms with Gasteiger partial charge < -0.3 is 9.72 Å². The molecule has 3 aromatic heterocycles. The van der Waals surface area contributed by atoms with Crippen LogP contribution in [0.1, 0.15) is 23.2 Å². The number of aromatic nitrogens is 4. The molecule has 1 aliphatic rings. The number of hydrogen-bond donors (Lipinski definition) is 1. The lowest BCUT2D eigenvalue weighted by Gasteiger charge is -2.35. The van der Waals surface area contributed by atoms with Crippen LogP contribution in [0.4, 0.5) is 0 Å². The lowest BCUT2D eigenvalue weighted by atomic mass is 9.80. The second kappa shape index (κ2) is 5.29. The fourth-order valence-corrected chi connectivity index (χ4v) is 3.05. The van der Waals surface area contributed by atoms with Crippen molar-refractivity contribution in [3.8, 4) is 0 Å². The van der Waals surface area contributed by atoms with Crippen LogP contribution in [0.2, 0.25) is 0 Å². The summed E-state index contributed by atoms with van der Waals surface area (Å²) in [7, 11) is 0. The first-order valence-electron chi connectivity index (χ1n) is 7.49. The third-order valence-corrected chi connectivity index (χ3v) is 4.25. The fourth-order valence-electron chi connectivity index (χ4n) is 3.05. The summed E-state index contributed by atoms with van der Waals surface area (Å²) in [6.07, 6.45) is 9.38. The Hall–Kier alpha value is -2.63. The van der Waals surface area contributed by atoms with Crippen molar-refractivity contribution in [1.82, 2.24) is 24.7 Å². The topological polar surface area (TPSA) is 64.2 Å². The summed E-state index contributed by atoms with van der Waals surface area (Å²) in [6, 6.07) is 8.10. The van der Waals surface area contributed by atoms with Gasteiger partial charge in [0.15, 0.2) is 0 Å². The van der Waals surface area contributed by atoms with Crippen molar-refractivity contribution in [3.63, 3.8) is 0 Å². The molecule has 4 rings (SSSR count). The summed E-state index contributed by atoms with van der Waals surface area (Å²) in [5.41, 5.74) is 1.75. The molecule has 3 heterocycles. The summed E-state index contributed by atoms with van der Waals surface area (Å²) >= 11 is 0. The molecule has 3 aromatic rings. The number of hydrogen-bond acceptors (Lipinski definition) is 3. The molecule has 0 atom stereocenters. The van der Waals surface area contributed by atoms with Crippen LogP contribution in [0, 0.1) is 5.92 Å². The van der Waals surface area contributed by atoms with E-state index in [9.17, 15) is 4.79 Å². The van der Waals surface area contributed by atoms with Gasteiger partial charge in [0, 0.05) is 36.7 Å². The molecule has 1 N–H and O–H groups in total. The predicted molar refractivity (Wildman–Crippen MR) is 81.4 cm³/mol. The first-order valence-corrected chi connectivity index (χ1v) is 7.49. The molecule has 0 aliphatic heterocycles. The summed E-state index contributed by atoms with van der Waals surface area (Å²) < 4.78 is 3.81. The molecule has 0 unspecified atom stereocenters. The van der Waals surface area contributed by atoms with Crippen LogP contribution in [0.5, 0.6) is 0 Å². The van der Waals surface area contributed by atoms with E-state index in [1.54, 1.807) is 6.20 Å². The number of rotatable bonds is 4. The van der Waals surface area contributed by atoms with Crippen LogP contribution < -0.4 is 5.32 Å². The van der Waals surface area contributed by atoms with E-state index in [1.165, 1.54) is 0 Å². The van der Waals surface area contributed by atoms with Gasteiger partial charge in [-0.15, -0.1) is 5.10 Å². The highest BCUT2D eigenvalue weighted by atomic mass is 16.1. The molecule has 1 amide bonds. The molecular formula is C16H17N5O. The Morgan fingerprint density at radius 3 is 3.00 bits per heavy atom. The Kier molecular flexibility index (Phi) is 3.14. The number of nitrogens with zero attached hydrogens (tertiary/aromatic N) is 4. The highest BCUT2D eigenvalue weighted by Gasteiger charge is 2.31. The summed E-state index contributed by atoms with van der Waals surface area (Å²) in [5, 5.41) is 10.9. The first-order chi connectivity index (χ1) is 10.8. The minimum atomic E-state index is 0.00732. The van der Waals surface area contributed by atoms with Gasteiger partial charge >= 0.3 is 0 Å². The molecule has 0 aromatic carbocycles. The molecule has 0 saturated heterocycles. The highest BCUT2D eigenvalue weighted by molar-refractivity contribution is 5.95. The highest BCUT2D eigenvalue weighted by Crippen LogP contribution is 2.29. The molecule has 0 spiro atoms. The van der Waals surface area contributed by atoms with Gasteiger partial charge in [0.1, 0.15) is 0 Å². The fraction of sp³-hybridized carbons (Fsp3) is 0.312. The minimum absolute atomic E-state index is 0.00732. The van der Waals surface area contributed by atoms with Gasteiger partial charge in [0.05, 0.1) is 11.8 Å². The van der Waals surface area contributed by atoms with Crippen molar-refractivity contribution in [2.75, 3.05) is 0 Å². The van der Waals surface area contributed by atoms with Crippen molar-refractivity contribution in [1.29, 1.82) is 0 Å². The van der Waals surface area contributed by atoms with Crippen LogP contribution in [-0.2, 0) is 6.54 Å². The maximum Gasteiger partial charge on any atom is 0.253 e. The standard InChI is InChI=1S/C16H17N5O/c22-16(13-9-15-3-1-2-5-20(15)11-13)18-14-7-12(8-14)10-21-6-4-17-19-21/h1-6,9,11-12,14H,7-8,10H2,(H,18,22). The summed E-state index contributed by atoms with van der Waals surface area (Å²) in [5.74, 6) is 0.577. The Morgan fingerprint density at radius 1 is 1.32 bits per heavy atom. The first kappa shape index (κ1) is 13.1. The van der Waals surface area contributed by atoms with E-state index in [1.807, 2.05) is 51.9 Å². The van der Waals surface area contributed by atoms with Crippen molar-refractivity contribution in [2.24, 2.45) is 5.92 Å². The minimum Gasteiger partial charge on any atom is -0.349 e. The van der Waals surface area contributed by atoms with Crippen LogP contribution in [0.3, 0.4) is 0 Å². The SMILES string of the molecule is O=C(NC1CC(Cn2ccnn2)C1)c1cc2ccccn2c1. The number of fused-ring (bicyclic) bond motifs is 1. The smallest absolute Gasteiger partial charge is 0.253 e. The van der Waals surface area contributed by atoms with Gasteiger partial charge in [0.25, 0.3) is 5.91 Å². The Labute approximate surface area is 127 Å². The summed E-state index contributed by atoms with van der Waals surface area (Å²) in [4.78, 5) is 12.3. The zero-order chi connectivity index (χ0) is 14.9. The second-order valence-corrected chi connectivity index (χ2v) is 5.89. The Morgan fingerprint density at radius 2 is 2.23 bits per heavy atom. The van der Waals surface area contributed by atoms with Gasteiger partial charge in [-0.05, 0) is 37.0 Å². The van der Waals surface area contributed by atoms with Crippen molar-refractivity contribution in [2.45, 2.75) is 25.4 Å². The van der Waals surface area contributed by atoms with Crippen LogP contribution in [-0.4, -0.2) is 31.3 Å². The van der Waals surface area contributed by atoms with Gasteiger partial charge in [-0.3, -0.25) is 9.48 Å². The van der Waals surface area contributed by atoms with E-state index in [0.717, 1.165) is 24.9 Å². The normalized spacial score (nSPS) is 20.7. The van der Waals surface area contributed by atoms with E-state index in [2.05, 4.69) is 15.6 Å². The van der Waals surface area contributed by atoms with Crippen LogP contribution in [0.15, 0.2) is 49.1 Å². The largest absolute Gasteiger partial charge is 0.349 e. The molecule has 1 fully saturated rings. The van der Waals surface area contributed by atoms with Crippen molar-refractivity contribution in [3.05, 3.63) is 54.6 Å². The van der Waals surface area contributed by atoms with Crippen molar-refractivity contribution >= 4 is 11.4 Å². The second-order valence-electron chi connectivity index (χ2n) is 5.89. The molecule has 1 saturated carbocycles. The average molecular weight is 295 g/mol. The molecule has 0 radical (unpaired) electrons. The Bertz CT molecular complexity index is 753. The van der Waals surface area contributed by atoms with Gasteiger partial charge in [0.2, 0.25) is 0 Å². The lowest BCUT2D eigenvalue weighted by molar-refractivity contribution is 0.0879. The van der Waals surface area contributed by atoms with Gasteiger partial charge in [-0.1, -0.05) is 11.3 Å². The number of carbonyl (C=O) groups is 1. The molecule has 112 valence electrons. The molecule has 6 nitrogen and oxygen atoms in total. The number of amides is 1. The monoisotopic (exact) mass is 295 g/mol. The van der Waals surface area contributed by atoms with Gasteiger partial charge in [-0.25, -0.2) is 0 Å². The quantitative estimate of drug-likeness (QED) is 0.797. The average Bonchev–Trinajstić information content (AvgIpc) is 3.13.